The summed E-state index contributed by atoms with van der Waals surface area (Å²) in [6, 6.07) is 6.66. The normalized spacial score (nSPS) is 11.6. The third-order valence-corrected chi connectivity index (χ3v) is 4.13. The molecule has 1 aromatic carbocycles. The Hall–Kier alpha value is -2.75. The number of esters is 1. The highest BCUT2D eigenvalue weighted by molar-refractivity contribution is 8.00. The number of alkyl halides is 3. The van der Waals surface area contributed by atoms with Gasteiger partial charge in [-0.3, -0.25) is 0 Å². The Labute approximate surface area is 155 Å². The van der Waals surface area contributed by atoms with E-state index < -0.39 is 11.5 Å². The molecule has 0 spiro atoms. The highest BCUT2D eigenvalue weighted by atomic mass is 32.2. The minimum atomic E-state index is -4.39. The fourth-order valence-corrected chi connectivity index (χ4v) is 2.81. The number of hydrogen-bond acceptors (Lipinski definition) is 7. The molecule has 0 saturated carbocycles. The van der Waals surface area contributed by atoms with Gasteiger partial charge in [0.2, 0.25) is 0 Å². The number of aryl methyl sites for hydroxylation is 2. The van der Waals surface area contributed by atoms with Crippen LogP contribution in [-0.2, 0) is 11.3 Å². The van der Waals surface area contributed by atoms with Gasteiger partial charge in [-0.25, -0.2) is 4.79 Å². The van der Waals surface area contributed by atoms with Gasteiger partial charge in [-0.15, -0.1) is 10.2 Å². The summed E-state index contributed by atoms with van der Waals surface area (Å²) >= 11 is -0.258. The summed E-state index contributed by atoms with van der Waals surface area (Å²) in [4.78, 5) is 12.0. The molecule has 10 heteroatoms. The molecule has 0 amide bonds. The fraction of sp³-hybridized carbons (Fsp3) is 0.235. The Bertz CT molecular complexity index is 948. The van der Waals surface area contributed by atoms with E-state index in [2.05, 4.69) is 10.2 Å². The summed E-state index contributed by atoms with van der Waals surface area (Å²) in [6.45, 7) is 3.28. The molecular weight excluding hydrogens is 385 g/mol. The van der Waals surface area contributed by atoms with Gasteiger partial charge in [0.1, 0.15) is 11.5 Å². The standard InChI is InChI=1S/C17H13F3N2O4S/c1-9-7-13(10(2)25-9)15-22-21-14(26-15)8-24-16(23)11-3-5-12(6-4-11)27-17(18,19)20/h3-7H,8H2,1-2H3. The smallest absolute Gasteiger partial charge is 0.446 e. The highest BCUT2D eigenvalue weighted by Crippen LogP contribution is 2.36. The first-order valence-electron chi connectivity index (χ1n) is 7.64. The van der Waals surface area contributed by atoms with Crippen molar-refractivity contribution in [2.75, 3.05) is 0 Å². The first-order chi connectivity index (χ1) is 12.7. The van der Waals surface area contributed by atoms with Crippen LogP contribution < -0.4 is 0 Å². The van der Waals surface area contributed by atoms with Crippen LogP contribution in [0.25, 0.3) is 11.5 Å². The van der Waals surface area contributed by atoms with E-state index >= 15 is 0 Å². The minimum Gasteiger partial charge on any atom is -0.466 e. The maximum atomic E-state index is 12.3. The van der Waals surface area contributed by atoms with Crippen molar-refractivity contribution < 1.29 is 31.5 Å². The monoisotopic (exact) mass is 398 g/mol. The number of benzene rings is 1. The largest absolute Gasteiger partial charge is 0.466 e. The van der Waals surface area contributed by atoms with Gasteiger partial charge in [0.15, 0.2) is 6.61 Å². The molecule has 0 aliphatic carbocycles. The molecule has 6 nitrogen and oxygen atoms in total. The van der Waals surface area contributed by atoms with Gasteiger partial charge in [-0.2, -0.15) is 13.2 Å². The summed E-state index contributed by atoms with van der Waals surface area (Å²) in [7, 11) is 0. The van der Waals surface area contributed by atoms with Crippen LogP contribution >= 0.6 is 11.8 Å². The van der Waals surface area contributed by atoms with Crippen LogP contribution in [0.4, 0.5) is 13.2 Å². The number of carbonyl (C=O) groups is 1. The number of ether oxygens (including phenoxy) is 1. The molecule has 0 unspecified atom stereocenters. The average molecular weight is 398 g/mol. The predicted octanol–water partition coefficient (Wildman–Crippen LogP) is 4.92. The van der Waals surface area contributed by atoms with Crippen molar-refractivity contribution in [1.82, 2.24) is 10.2 Å². The third kappa shape index (κ3) is 4.91. The number of thioether (sulfide) groups is 1. The van der Waals surface area contributed by atoms with Crippen LogP contribution in [0.1, 0.15) is 27.8 Å². The lowest BCUT2D eigenvalue weighted by atomic mass is 10.2. The molecule has 0 fully saturated rings. The first kappa shape index (κ1) is 19.0. The maximum Gasteiger partial charge on any atom is 0.446 e. The van der Waals surface area contributed by atoms with Gasteiger partial charge in [0.25, 0.3) is 11.8 Å². The lowest BCUT2D eigenvalue weighted by Gasteiger charge is -2.06. The van der Waals surface area contributed by atoms with Crippen LogP contribution in [0.15, 0.2) is 44.1 Å². The second-order valence-electron chi connectivity index (χ2n) is 5.48. The quantitative estimate of drug-likeness (QED) is 0.446. The Morgan fingerprint density at radius 1 is 1.15 bits per heavy atom. The van der Waals surface area contributed by atoms with Crippen molar-refractivity contribution in [2.45, 2.75) is 30.9 Å². The Balaban J connectivity index is 1.60. The van der Waals surface area contributed by atoms with E-state index in [0.29, 0.717) is 17.1 Å². The minimum absolute atomic E-state index is 0.0219. The molecule has 2 aromatic heterocycles. The molecule has 0 atom stereocenters. The number of hydrogen-bond donors (Lipinski definition) is 0. The van der Waals surface area contributed by atoms with Gasteiger partial charge >= 0.3 is 11.5 Å². The first-order valence-corrected chi connectivity index (χ1v) is 8.45. The molecule has 0 aliphatic rings. The van der Waals surface area contributed by atoms with E-state index in [9.17, 15) is 18.0 Å². The summed E-state index contributed by atoms with van der Waals surface area (Å²) in [5, 5.41) is 7.68. The Morgan fingerprint density at radius 2 is 1.85 bits per heavy atom. The third-order valence-electron chi connectivity index (χ3n) is 3.39. The van der Waals surface area contributed by atoms with Crippen LogP contribution in [-0.4, -0.2) is 21.7 Å². The number of carbonyl (C=O) groups excluding carboxylic acids is 1. The number of furan rings is 1. The number of halogens is 3. The van der Waals surface area contributed by atoms with Crippen molar-refractivity contribution in [1.29, 1.82) is 0 Å². The number of aromatic nitrogens is 2. The van der Waals surface area contributed by atoms with Crippen molar-refractivity contribution >= 4 is 17.7 Å². The molecule has 0 bridgehead atoms. The Morgan fingerprint density at radius 3 is 2.44 bits per heavy atom. The maximum absolute atomic E-state index is 12.3. The fourth-order valence-electron chi connectivity index (χ4n) is 2.27. The second-order valence-corrected chi connectivity index (χ2v) is 6.61. The molecule has 3 rings (SSSR count). The molecule has 142 valence electrons. The van der Waals surface area contributed by atoms with Gasteiger partial charge in [0.05, 0.1) is 11.1 Å². The molecule has 0 N–H and O–H groups in total. The second kappa shape index (κ2) is 7.47. The zero-order chi connectivity index (χ0) is 19.6. The Kier molecular flexibility index (Phi) is 5.26. The molecule has 0 aliphatic heterocycles. The van der Waals surface area contributed by atoms with E-state index in [-0.39, 0.29) is 40.6 Å². The summed E-state index contributed by atoms with van der Waals surface area (Å²) in [5.74, 6) is 0.927. The van der Waals surface area contributed by atoms with Gasteiger partial charge < -0.3 is 13.6 Å². The lowest BCUT2D eigenvalue weighted by molar-refractivity contribution is -0.0328. The molecule has 3 aromatic rings. The summed E-state index contributed by atoms with van der Waals surface area (Å²) < 4.78 is 52.8. The van der Waals surface area contributed by atoms with Crippen LogP contribution in [0.3, 0.4) is 0 Å². The van der Waals surface area contributed by atoms with E-state index in [1.807, 2.05) is 0 Å². The van der Waals surface area contributed by atoms with Crippen molar-refractivity contribution in [2.24, 2.45) is 0 Å². The highest BCUT2D eigenvalue weighted by Gasteiger charge is 2.29. The molecule has 2 heterocycles. The van der Waals surface area contributed by atoms with Gasteiger partial charge in [0, 0.05) is 4.90 Å². The summed E-state index contributed by atoms with van der Waals surface area (Å²) in [5.41, 5.74) is -3.62. The van der Waals surface area contributed by atoms with E-state index in [4.69, 9.17) is 13.6 Å². The number of rotatable bonds is 5. The van der Waals surface area contributed by atoms with Crippen molar-refractivity contribution in [3.8, 4) is 11.5 Å². The zero-order valence-corrected chi connectivity index (χ0v) is 15.0. The average Bonchev–Trinajstić information content (AvgIpc) is 3.17. The van der Waals surface area contributed by atoms with Crippen LogP contribution in [0.5, 0.6) is 0 Å². The predicted molar refractivity (Wildman–Crippen MR) is 88.9 cm³/mol. The lowest BCUT2D eigenvalue weighted by Crippen LogP contribution is -2.05. The van der Waals surface area contributed by atoms with E-state index in [0.717, 1.165) is 0 Å². The topological polar surface area (TPSA) is 78.4 Å². The zero-order valence-electron chi connectivity index (χ0n) is 14.2. The van der Waals surface area contributed by atoms with Gasteiger partial charge in [-0.1, -0.05) is 0 Å². The van der Waals surface area contributed by atoms with Crippen LogP contribution in [0.2, 0.25) is 0 Å². The molecule has 0 saturated heterocycles. The molecular formula is C17H13F3N2O4S. The van der Waals surface area contributed by atoms with Crippen molar-refractivity contribution in [3.63, 3.8) is 0 Å². The van der Waals surface area contributed by atoms with Crippen LogP contribution in [0, 0.1) is 13.8 Å². The number of nitrogens with zero attached hydrogens (tertiary/aromatic N) is 2. The van der Waals surface area contributed by atoms with E-state index in [1.165, 1.54) is 24.3 Å². The SMILES string of the molecule is Cc1cc(-c2nnc(COC(=O)c3ccc(SC(F)(F)F)cc3)o2)c(C)o1. The molecule has 0 radical (unpaired) electrons. The van der Waals surface area contributed by atoms with Crippen molar-refractivity contribution in [3.05, 3.63) is 53.3 Å². The molecule has 27 heavy (non-hydrogen) atoms. The van der Waals surface area contributed by atoms with E-state index in [1.54, 1.807) is 19.9 Å². The summed E-state index contributed by atoms with van der Waals surface area (Å²) in [6.07, 6.45) is 0. The van der Waals surface area contributed by atoms with Gasteiger partial charge in [-0.05, 0) is 55.9 Å².